The number of carbonyl (C=O) groups is 1. The molecule has 0 spiro atoms. The minimum Gasteiger partial charge on any atom is -0.335 e. The van der Waals surface area contributed by atoms with Crippen LogP contribution in [0.25, 0.3) is 0 Å². The Balaban J connectivity index is 2.55. The minimum atomic E-state index is 0.233. The summed E-state index contributed by atoms with van der Waals surface area (Å²) in [7, 11) is 0. The van der Waals surface area contributed by atoms with Crippen LogP contribution in [0, 0.1) is 0 Å². The number of hydrogen-bond donors (Lipinski definition) is 0. The van der Waals surface area contributed by atoms with Crippen LogP contribution in [0.15, 0.2) is 6.20 Å². The van der Waals surface area contributed by atoms with Gasteiger partial charge in [0.05, 0.1) is 0 Å². The minimum absolute atomic E-state index is 0.233. The monoisotopic (exact) mass is 197 g/mol. The van der Waals surface area contributed by atoms with E-state index in [1.165, 1.54) is 0 Å². The molecule has 0 aliphatic heterocycles. The molecule has 3 heteroatoms. The van der Waals surface area contributed by atoms with Crippen LogP contribution < -0.4 is 0 Å². The van der Waals surface area contributed by atoms with E-state index in [1.807, 2.05) is 10.8 Å². The second kappa shape index (κ2) is 2.88. The zero-order chi connectivity index (χ0) is 9.59. The molecule has 1 aromatic rings. The molecule has 2 rings (SSSR count). The molecule has 1 aliphatic carbocycles. The van der Waals surface area contributed by atoms with Crippen molar-refractivity contribution in [2.24, 2.45) is 0 Å². The molecule has 0 aromatic carbocycles. The molecule has 13 heavy (non-hydrogen) atoms. The van der Waals surface area contributed by atoms with Crippen LogP contribution >= 0.6 is 11.6 Å². The Kier molecular flexibility index (Phi) is 1.95. The number of fused-ring (bicyclic) bond motifs is 1. The highest BCUT2D eigenvalue weighted by atomic mass is 35.5. The zero-order valence-electron chi connectivity index (χ0n) is 7.80. The number of carbonyl (C=O) groups excluding carboxylic acids is 1. The molecule has 0 bridgehead atoms. The van der Waals surface area contributed by atoms with Crippen LogP contribution in [0.4, 0.5) is 0 Å². The molecule has 2 nitrogen and oxygen atoms in total. The molecule has 0 saturated carbocycles. The summed E-state index contributed by atoms with van der Waals surface area (Å²) < 4.78 is 1.96. The molecule has 0 saturated heterocycles. The first kappa shape index (κ1) is 8.82. The Hall–Kier alpha value is -0.760. The van der Waals surface area contributed by atoms with Crippen molar-refractivity contribution < 1.29 is 4.79 Å². The largest absolute Gasteiger partial charge is 0.335 e. The van der Waals surface area contributed by atoms with Gasteiger partial charge < -0.3 is 4.57 Å². The molecule has 1 aromatic heterocycles. The Morgan fingerprint density at radius 1 is 1.46 bits per heavy atom. The molecule has 1 heterocycles. The summed E-state index contributed by atoms with van der Waals surface area (Å²) >= 11 is 6.14. The zero-order valence-corrected chi connectivity index (χ0v) is 8.56. The first-order chi connectivity index (χ1) is 6.11. The van der Waals surface area contributed by atoms with E-state index in [-0.39, 0.29) is 5.78 Å². The van der Waals surface area contributed by atoms with E-state index in [2.05, 4.69) is 13.8 Å². The van der Waals surface area contributed by atoms with Gasteiger partial charge in [-0.3, -0.25) is 4.79 Å². The van der Waals surface area contributed by atoms with Gasteiger partial charge in [0.25, 0.3) is 0 Å². The molecular weight excluding hydrogens is 186 g/mol. The van der Waals surface area contributed by atoms with Gasteiger partial charge in [-0.15, -0.1) is 0 Å². The molecule has 0 N–H and O–H groups in total. The fourth-order valence-electron chi connectivity index (χ4n) is 1.77. The van der Waals surface area contributed by atoms with E-state index >= 15 is 0 Å². The fraction of sp³-hybridized carbons (Fsp3) is 0.500. The predicted molar refractivity (Wildman–Crippen MR) is 52.5 cm³/mol. The van der Waals surface area contributed by atoms with Crippen LogP contribution in [0.1, 0.15) is 42.2 Å². The third-order valence-corrected chi connectivity index (χ3v) is 2.95. The summed E-state index contributed by atoms with van der Waals surface area (Å²) in [6.07, 6.45) is 3.33. The number of halogens is 1. The van der Waals surface area contributed by atoms with Crippen molar-refractivity contribution in [3.63, 3.8) is 0 Å². The molecule has 0 unspecified atom stereocenters. The Morgan fingerprint density at radius 3 is 2.69 bits per heavy atom. The van der Waals surface area contributed by atoms with Gasteiger partial charge in [0, 0.05) is 29.8 Å². The first-order valence-electron chi connectivity index (χ1n) is 4.53. The number of hydrogen-bond acceptors (Lipinski definition) is 1. The van der Waals surface area contributed by atoms with Crippen molar-refractivity contribution in [2.75, 3.05) is 0 Å². The third kappa shape index (κ3) is 1.20. The third-order valence-electron chi connectivity index (χ3n) is 2.53. The second-order valence-corrected chi connectivity index (χ2v) is 4.09. The van der Waals surface area contributed by atoms with Crippen molar-refractivity contribution >= 4 is 17.4 Å². The normalized spacial score (nSPS) is 15.5. The second-order valence-electron chi connectivity index (χ2n) is 3.74. The van der Waals surface area contributed by atoms with E-state index in [0.717, 1.165) is 22.7 Å². The van der Waals surface area contributed by atoms with Crippen molar-refractivity contribution in [3.8, 4) is 0 Å². The highest BCUT2D eigenvalue weighted by Gasteiger charge is 2.26. The van der Waals surface area contributed by atoms with E-state index in [4.69, 9.17) is 11.6 Å². The summed E-state index contributed by atoms with van der Waals surface area (Å²) in [6, 6.07) is 0.325. The summed E-state index contributed by atoms with van der Waals surface area (Å²) in [5.74, 6) is 0.233. The molecule has 70 valence electrons. The highest BCUT2D eigenvalue weighted by molar-refractivity contribution is 6.31. The van der Waals surface area contributed by atoms with Crippen LogP contribution in [0.5, 0.6) is 0 Å². The van der Waals surface area contributed by atoms with Gasteiger partial charge in [-0.2, -0.15) is 0 Å². The Bertz CT molecular complexity index is 365. The van der Waals surface area contributed by atoms with Crippen molar-refractivity contribution in [1.29, 1.82) is 0 Å². The first-order valence-corrected chi connectivity index (χ1v) is 4.91. The smallest absolute Gasteiger partial charge is 0.165 e. The average Bonchev–Trinajstić information content (AvgIpc) is 2.55. The number of rotatable bonds is 1. The summed E-state index contributed by atoms with van der Waals surface area (Å²) in [5.41, 5.74) is 1.87. The SMILES string of the molecule is CC(C)n1cc2c(c1Cl)CCC2=O. The average molecular weight is 198 g/mol. The van der Waals surface area contributed by atoms with E-state index in [9.17, 15) is 4.79 Å². The number of nitrogens with zero attached hydrogens (tertiary/aromatic N) is 1. The lowest BCUT2D eigenvalue weighted by Crippen LogP contribution is -2.00. The lowest BCUT2D eigenvalue weighted by atomic mass is 10.2. The maximum Gasteiger partial charge on any atom is 0.165 e. The maximum absolute atomic E-state index is 11.4. The van der Waals surface area contributed by atoms with Gasteiger partial charge in [-0.05, 0) is 20.3 Å². The van der Waals surface area contributed by atoms with Crippen LogP contribution in [0.2, 0.25) is 5.15 Å². The lowest BCUT2D eigenvalue weighted by molar-refractivity contribution is 0.0994. The van der Waals surface area contributed by atoms with Gasteiger partial charge in [0.2, 0.25) is 0 Å². The van der Waals surface area contributed by atoms with Gasteiger partial charge in [-0.1, -0.05) is 11.6 Å². The molecule has 0 atom stereocenters. The number of ketones is 1. The summed E-state index contributed by atoms with van der Waals surface area (Å²) in [4.78, 5) is 11.4. The molecule has 0 amide bonds. The van der Waals surface area contributed by atoms with Gasteiger partial charge in [-0.25, -0.2) is 0 Å². The van der Waals surface area contributed by atoms with E-state index < -0.39 is 0 Å². The fourth-order valence-corrected chi connectivity index (χ4v) is 2.21. The van der Waals surface area contributed by atoms with E-state index in [0.29, 0.717) is 12.5 Å². The van der Waals surface area contributed by atoms with Crippen LogP contribution in [-0.4, -0.2) is 10.4 Å². The van der Waals surface area contributed by atoms with Gasteiger partial charge >= 0.3 is 0 Å². The van der Waals surface area contributed by atoms with Gasteiger partial charge in [0.15, 0.2) is 5.78 Å². The molecule has 1 aliphatic rings. The molecular formula is C10H12ClNO. The van der Waals surface area contributed by atoms with Gasteiger partial charge in [0.1, 0.15) is 5.15 Å². The van der Waals surface area contributed by atoms with Crippen LogP contribution in [-0.2, 0) is 6.42 Å². The Morgan fingerprint density at radius 2 is 2.15 bits per heavy atom. The predicted octanol–water partition coefficient (Wildman–Crippen LogP) is 2.85. The molecule has 0 radical (unpaired) electrons. The summed E-state index contributed by atoms with van der Waals surface area (Å²) in [6.45, 7) is 4.12. The van der Waals surface area contributed by atoms with Crippen molar-refractivity contribution in [1.82, 2.24) is 4.57 Å². The topological polar surface area (TPSA) is 22.0 Å². The maximum atomic E-state index is 11.4. The lowest BCUT2D eigenvalue weighted by Gasteiger charge is -2.09. The van der Waals surface area contributed by atoms with Crippen LogP contribution in [0.3, 0.4) is 0 Å². The van der Waals surface area contributed by atoms with Crippen molar-refractivity contribution in [2.45, 2.75) is 32.7 Å². The quantitative estimate of drug-likeness (QED) is 0.679. The van der Waals surface area contributed by atoms with E-state index in [1.54, 1.807) is 0 Å². The highest BCUT2D eigenvalue weighted by Crippen LogP contribution is 2.32. The number of Topliss-reactive ketones (excluding diaryl/α,β-unsaturated/α-hetero) is 1. The van der Waals surface area contributed by atoms with Crippen molar-refractivity contribution in [3.05, 3.63) is 22.5 Å². The molecule has 0 fully saturated rings. The summed E-state index contributed by atoms with van der Waals surface area (Å²) in [5, 5.41) is 0.746. The standard InChI is InChI=1S/C10H12ClNO/c1-6(2)12-5-8-7(10(12)11)3-4-9(8)13/h5-6H,3-4H2,1-2H3. The Labute approximate surface area is 82.5 Å². The number of aromatic nitrogens is 1.